The summed E-state index contributed by atoms with van der Waals surface area (Å²) in [5, 5.41) is 8.99. The molecule has 0 aromatic heterocycles. The predicted octanol–water partition coefficient (Wildman–Crippen LogP) is 10.6. The van der Waals surface area contributed by atoms with Gasteiger partial charge in [-0.1, -0.05) is 91.2 Å². The number of carbonyl (C=O) groups is 1. The monoisotopic (exact) mass is 786 g/mol. The minimum atomic E-state index is -0.850. The summed E-state index contributed by atoms with van der Waals surface area (Å²) in [5.41, 5.74) is 17.0. The fourth-order valence-electron chi connectivity index (χ4n) is 10.1. The van der Waals surface area contributed by atoms with Crippen LogP contribution in [-0.2, 0) is 28.3 Å². The largest absolute Gasteiger partial charge is 0.676 e. The van der Waals surface area contributed by atoms with Gasteiger partial charge in [0.15, 0.2) is 0 Å². The van der Waals surface area contributed by atoms with Gasteiger partial charge in [0, 0.05) is 0 Å². The molecule has 10 atom stereocenters. The quantitative estimate of drug-likeness (QED) is 0.248. The van der Waals surface area contributed by atoms with E-state index >= 15 is 0 Å². The second-order valence-corrected chi connectivity index (χ2v) is 15.4. The zero-order valence-electron chi connectivity index (χ0n) is 27.0. The fourth-order valence-corrected chi connectivity index (χ4v) is 10.1. The molecule has 5 rings (SSSR count). The first-order chi connectivity index (χ1) is 20.0. The molecule has 247 valence electrons. The van der Waals surface area contributed by atoms with E-state index in [-0.39, 0.29) is 24.8 Å². The van der Waals surface area contributed by atoms with Gasteiger partial charge in [-0.05, 0) is 97.7 Å². The molecule has 0 unspecified atom stereocenters. The molecule has 0 aromatic rings. The van der Waals surface area contributed by atoms with E-state index in [1.54, 1.807) is 24.3 Å². The van der Waals surface area contributed by atoms with Gasteiger partial charge in [0.2, 0.25) is 0 Å². The summed E-state index contributed by atoms with van der Waals surface area (Å²) in [5.74, 6) is 4.33. The van der Waals surface area contributed by atoms with Crippen LogP contribution in [0.3, 0.4) is 0 Å². The summed E-state index contributed by atoms with van der Waals surface area (Å²) in [6.45, 7) is 12.3. The Morgan fingerprint density at radius 3 is 2.26 bits per heavy atom. The Hall–Kier alpha value is 0.0683. The number of hydrogen-bond donors (Lipinski definition) is 1. The Labute approximate surface area is 272 Å². The molecule has 4 fully saturated rings. The topological polar surface area (TPSA) is 94.1 Å². The zero-order valence-corrected chi connectivity index (χ0v) is 30.1. The Morgan fingerprint density at radius 2 is 1.67 bits per heavy atom. The molecule has 5 nitrogen and oxygen atoms in total. The van der Waals surface area contributed by atoms with Crippen LogP contribution >= 0.6 is 9.42 Å². The van der Waals surface area contributed by atoms with Crippen LogP contribution in [0.25, 0.3) is 11.5 Å². The normalized spacial score (nSPS) is 39.8. The maximum atomic E-state index is 10.9. The minimum absolute atomic E-state index is 0.0799. The number of aliphatic carboxylic acids is 1. The van der Waals surface area contributed by atoms with Gasteiger partial charge in [0.05, 0.1) is 6.10 Å². The molecule has 0 aromatic carbocycles. The number of rotatable bonds is 8. The number of fused-ring (bicyclic) bond motifs is 5. The van der Waals surface area contributed by atoms with Gasteiger partial charge in [-0.3, -0.25) is 0 Å². The maximum Gasteiger partial charge on any atom is -0.0548 e. The van der Waals surface area contributed by atoms with Crippen molar-refractivity contribution in [1.29, 1.82) is 0 Å². The molecule has 42 heavy (non-hydrogen) atoms. The Bertz CT molecular complexity index is 876. The second kappa shape index (κ2) is 16.6. The molecule has 0 bridgehead atoms. The van der Waals surface area contributed by atoms with E-state index in [1.165, 1.54) is 70.6 Å². The third-order valence-corrected chi connectivity index (χ3v) is 12.5. The standard InChI is InChI=1S/C29H48O3.C6H12N2.ClH.Pt/c1-19(2)7-6-8-20(3)24-11-12-25-23-10-9-21-17-22(32-18-27(30)31)13-15-28(21,4)26(23)14-16-29(24,25)5;7-5-3-1-2-4-6(5)8;;/h9,19-20,22-26H,6-8,10-18H2,1-5H3,(H,30,31);5-8H,1-4H2;1H;/q;-2;;+1/p-1/t20-,22+,23+,24-,25+,26+,28+,29-;5-,6-;;/m11../s1. The van der Waals surface area contributed by atoms with Crippen LogP contribution in [0.5, 0.6) is 0 Å². The van der Waals surface area contributed by atoms with Gasteiger partial charge < -0.3 is 21.3 Å². The van der Waals surface area contributed by atoms with E-state index < -0.39 is 5.97 Å². The van der Waals surface area contributed by atoms with Crippen LogP contribution in [0, 0.1) is 46.3 Å². The molecule has 0 heterocycles. The van der Waals surface area contributed by atoms with Crippen LogP contribution in [0.1, 0.15) is 131 Å². The molecule has 0 amide bonds. The number of halogens is 1. The molecule has 0 spiro atoms. The van der Waals surface area contributed by atoms with Crippen molar-refractivity contribution in [2.75, 3.05) is 6.61 Å². The van der Waals surface area contributed by atoms with Gasteiger partial charge in [0.25, 0.3) is 0 Å². The van der Waals surface area contributed by atoms with Crippen molar-refractivity contribution in [2.24, 2.45) is 46.3 Å². The molecule has 4 saturated carbocycles. The summed E-state index contributed by atoms with van der Waals surface area (Å²) in [6.07, 6.45) is 21.2. The Morgan fingerprint density at radius 1 is 1.00 bits per heavy atom. The number of allylic oxidation sites excluding steroid dienone is 1. The summed E-state index contributed by atoms with van der Waals surface area (Å²) in [4.78, 5) is 10.9. The number of ether oxygens (including phenoxy) is 1. The van der Waals surface area contributed by atoms with E-state index in [4.69, 9.17) is 21.3 Å². The maximum absolute atomic E-state index is 10.9. The third kappa shape index (κ3) is 8.65. The van der Waals surface area contributed by atoms with Crippen molar-refractivity contribution >= 4 is 15.4 Å². The first kappa shape index (κ1) is 36.5. The van der Waals surface area contributed by atoms with Gasteiger partial charge in [-0.2, -0.15) is 12.1 Å². The molecule has 0 radical (unpaired) electrons. The number of carboxylic acid groups (broad SMARTS) is 1. The van der Waals surface area contributed by atoms with Crippen LogP contribution in [0.2, 0.25) is 0 Å². The molecule has 0 aliphatic heterocycles. The average Bonchev–Trinajstić information content (AvgIpc) is 3.32. The van der Waals surface area contributed by atoms with E-state index in [0.29, 0.717) is 10.8 Å². The van der Waals surface area contributed by atoms with Crippen molar-refractivity contribution in [3.05, 3.63) is 23.1 Å². The molecule has 5 aliphatic carbocycles. The van der Waals surface area contributed by atoms with E-state index in [2.05, 4.69) is 50.1 Å². The number of nitrogens with one attached hydrogen (secondary N) is 2. The van der Waals surface area contributed by atoms with Crippen molar-refractivity contribution in [3.8, 4) is 0 Å². The zero-order chi connectivity index (χ0) is 31.1. The van der Waals surface area contributed by atoms with Gasteiger partial charge >= 0.3 is 34.2 Å². The van der Waals surface area contributed by atoms with Gasteiger partial charge in [-0.25, -0.2) is 4.79 Å². The van der Waals surface area contributed by atoms with E-state index in [0.717, 1.165) is 61.2 Å². The minimum Gasteiger partial charge on any atom is -0.676 e. The fraction of sp³-hybridized carbons (Fsp3) is 0.914. The molecule has 7 heteroatoms. The molecule has 0 saturated heterocycles. The summed E-state index contributed by atoms with van der Waals surface area (Å²) >= 11 is 1.61. The van der Waals surface area contributed by atoms with Crippen molar-refractivity contribution in [1.82, 2.24) is 0 Å². The van der Waals surface area contributed by atoms with Crippen molar-refractivity contribution in [3.63, 3.8) is 0 Å². The Balaban J connectivity index is 0.000000414. The average molecular weight is 787 g/mol. The van der Waals surface area contributed by atoms with Crippen LogP contribution in [-0.4, -0.2) is 35.9 Å². The van der Waals surface area contributed by atoms with Crippen LogP contribution in [0.15, 0.2) is 11.6 Å². The van der Waals surface area contributed by atoms with Crippen LogP contribution < -0.4 is 0 Å². The summed E-state index contributed by atoms with van der Waals surface area (Å²) in [6, 6.07) is -0.160. The molecular weight excluding hydrogens is 727 g/mol. The van der Waals surface area contributed by atoms with Crippen molar-refractivity contribution < 1.29 is 33.4 Å². The first-order valence-electron chi connectivity index (χ1n) is 17.0. The number of hydrogen-bond acceptors (Lipinski definition) is 2. The van der Waals surface area contributed by atoms with E-state index in [9.17, 15) is 4.79 Å². The number of carboxylic acids is 1. The Kier molecular flexibility index (Phi) is 14.4. The molecular formula is C35H60ClN2O3Pt-2. The van der Waals surface area contributed by atoms with Crippen LogP contribution in [0.4, 0.5) is 0 Å². The smallest absolute Gasteiger partial charge is 0.0548 e. The first-order valence-corrected chi connectivity index (χ1v) is 19.8. The predicted molar refractivity (Wildman–Crippen MR) is 171 cm³/mol. The third-order valence-electron chi connectivity index (χ3n) is 12.5. The molecule has 3 N–H and O–H groups in total. The SMILES string of the molecule is CC(C)CCC[C@@H](C)[C@H]1CC[C@H]2[C@@H]3CC=C4C[C@@H](OCC(=O)O)CC[C@]4(C)[C@H]3CC[C@]12C.[Cl][Pt].[NH-][C@@H]1CCCC[C@H]1[NH-]. The second-order valence-electron chi connectivity index (χ2n) is 15.4. The van der Waals surface area contributed by atoms with E-state index in [1.807, 2.05) is 0 Å². The summed E-state index contributed by atoms with van der Waals surface area (Å²) < 4.78 is 5.71. The molecule has 5 aliphatic rings. The van der Waals surface area contributed by atoms with Gasteiger partial charge in [-0.15, -0.1) is 0 Å². The summed E-state index contributed by atoms with van der Waals surface area (Å²) in [7, 11) is 4.61. The van der Waals surface area contributed by atoms with Crippen molar-refractivity contribution in [2.45, 2.75) is 149 Å². The van der Waals surface area contributed by atoms with Gasteiger partial charge in [0.1, 0.15) is 6.61 Å².